The summed E-state index contributed by atoms with van der Waals surface area (Å²) in [5, 5.41) is 11.6. The Morgan fingerprint density at radius 2 is 1.90 bits per heavy atom. The molecule has 0 aliphatic carbocycles. The van der Waals surface area contributed by atoms with Crippen LogP contribution in [0.2, 0.25) is 0 Å². The molecule has 0 heterocycles. The van der Waals surface area contributed by atoms with Crippen LogP contribution in [0.5, 0.6) is 0 Å². The van der Waals surface area contributed by atoms with Crippen molar-refractivity contribution in [3.63, 3.8) is 0 Å². The highest BCUT2D eigenvalue weighted by molar-refractivity contribution is 5.92. The van der Waals surface area contributed by atoms with Gasteiger partial charge < -0.3 is 16.2 Å². The normalized spacial score (nSPS) is 12.8. The molecule has 0 aromatic heterocycles. The highest BCUT2D eigenvalue weighted by atomic mass is 16.4. The number of hydrogen-bond acceptors (Lipinski definition) is 3. The van der Waals surface area contributed by atoms with Crippen LogP contribution in [-0.4, -0.2) is 23.0 Å². The van der Waals surface area contributed by atoms with Crippen LogP contribution in [-0.2, 0) is 16.0 Å². The summed E-state index contributed by atoms with van der Waals surface area (Å²) in [7, 11) is 0. The number of aryl methyl sites for hydroxylation is 1. The lowest BCUT2D eigenvalue weighted by atomic mass is 9.85. The average molecular weight is 292 g/mol. The summed E-state index contributed by atoms with van der Waals surface area (Å²) in [6, 6.07) is 7.00. The lowest BCUT2D eigenvalue weighted by Crippen LogP contribution is -2.38. The number of carboxylic acid groups (broad SMARTS) is 1. The van der Waals surface area contributed by atoms with E-state index in [4.69, 9.17) is 10.8 Å². The van der Waals surface area contributed by atoms with Crippen LogP contribution < -0.4 is 11.1 Å². The van der Waals surface area contributed by atoms with E-state index in [0.29, 0.717) is 12.1 Å². The van der Waals surface area contributed by atoms with Gasteiger partial charge in [0.25, 0.3) is 0 Å². The van der Waals surface area contributed by atoms with E-state index in [-0.39, 0.29) is 30.2 Å². The van der Waals surface area contributed by atoms with Gasteiger partial charge in [-0.3, -0.25) is 9.59 Å². The number of benzene rings is 1. The summed E-state index contributed by atoms with van der Waals surface area (Å²) in [5.74, 6) is -1.01. The summed E-state index contributed by atoms with van der Waals surface area (Å²) in [4.78, 5) is 22.7. The van der Waals surface area contributed by atoms with Crippen molar-refractivity contribution in [3.05, 3.63) is 29.8 Å². The molecule has 1 rings (SSSR count). The number of amides is 1. The molecule has 1 amide bonds. The molecule has 1 aromatic rings. The van der Waals surface area contributed by atoms with Crippen molar-refractivity contribution in [1.82, 2.24) is 0 Å². The van der Waals surface area contributed by atoms with Crippen LogP contribution in [0.3, 0.4) is 0 Å². The standard InChI is InChI=1S/C16H24N2O3/c1-16(2,3)13(17)10-14(19)18-12-7-5-4-6-11(12)8-9-15(20)21/h4-7,13H,8-10,17H2,1-3H3,(H,18,19)(H,20,21). The minimum absolute atomic E-state index is 0.0361. The third-order valence-corrected chi connectivity index (χ3v) is 3.42. The number of aliphatic carboxylic acids is 1. The Labute approximate surface area is 125 Å². The number of anilines is 1. The van der Waals surface area contributed by atoms with Crippen LogP contribution in [0.15, 0.2) is 24.3 Å². The molecule has 0 saturated carbocycles. The molecule has 0 bridgehead atoms. The number of carbonyl (C=O) groups is 2. The Morgan fingerprint density at radius 3 is 2.48 bits per heavy atom. The third-order valence-electron chi connectivity index (χ3n) is 3.42. The van der Waals surface area contributed by atoms with Crippen LogP contribution in [0.25, 0.3) is 0 Å². The fourth-order valence-corrected chi connectivity index (χ4v) is 1.81. The monoisotopic (exact) mass is 292 g/mol. The fraction of sp³-hybridized carbons (Fsp3) is 0.500. The predicted octanol–water partition coefficient (Wildman–Crippen LogP) is 2.41. The molecular weight excluding hydrogens is 268 g/mol. The first kappa shape index (κ1) is 17.2. The van der Waals surface area contributed by atoms with Gasteiger partial charge in [0, 0.05) is 24.6 Å². The maximum atomic E-state index is 12.1. The third kappa shape index (κ3) is 5.95. The topological polar surface area (TPSA) is 92.4 Å². The summed E-state index contributed by atoms with van der Waals surface area (Å²) >= 11 is 0. The van der Waals surface area contributed by atoms with E-state index in [1.165, 1.54) is 0 Å². The van der Waals surface area contributed by atoms with Crippen LogP contribution in [0.1, 0.15) is 39.2 Å². The summed E-state index contributed by atoms with van der Waals surface area (Å²) < 4.78 is 0. The van der Waals surface area contributed by atoms with E-state index < -0.39 is 5.97 Å². The van der Waals surface area contributed by atoms with Crippen molar-refractivity contribution in [2.75, 3.05) is 5.32 Å². The number of hydrogen-bond donors (Lipinski definition) is 3. The number of nitrogens with two attached hydrogens (primary N) is 1. The number of carboxylic acids is 1. The highest BCUT2D eigenvalue weighted by Crippen LogP contribution is 2.21. The number of para-hydroxylation sites is 1. The Balaban J connectivity index is 2.70. The smallest absolute Gasteiger partial charge is 0.303 e. The van der Waals surface area contributed by atoms with Crippen molar-refractivity contribution in [1.29, 1.82) is 0 Å². The molecule has 0 aliphatic rings. The van der Waals surface area contributed by atoms with Crippen molar-refractivity contribution < 1.29 is 14.7 Å². The molecule has 0 radical (unpaired) electrons. The van der Waals surface area contributed by atoms with Gasteiger partial charge in [0.2, 0.25) is 5.91 Å². The molecule has 0 saturated heterocycles. The molecule has 1 atom stereocenters. The zero-order valence-electron chi connectivity index (χ0n) is 12.8. The van der Waals surface area contributed by atoms with Gasteiger partial charge in [0.1, 0.15) is 0 Å². The molecular formula is C16H24N2O3. The molecule has 5 heteroatoms. The highest BCUT2D eigenvalue weighted by Gasteiger charge is 2.23. The Kier molecular flexibility index (Phi) is 5.90. The van der Waals surface area contributed by atoms with Crippen LogP contribution in [0.4, 0.5) is 5.69 Å². The van der Waals surface area contributed by atoms with Crippen molar-refractivity contribution in [2.24, 2.45) is 11.1 Å². The quantitative estimate of drug-likeness (QED) is 0.750. The van der Waals surface area contributed by atoms with E-state index >= 15 is 0 Å². The zero-order chi connectivity index (χ0) is 16.0. The van der Waals surface area contributed by atoms with Gasteiger partial charge in [-0.1, -0.05) is 39.0 Å². The average Bonchev–Trinajstić information content (AvgIpc) is 2.36. The first-order valence-electron chi connectivity index (χ1n) is 7.05. The van der Waals surface area contributed by atoms with E-state index in [1.54, 1.807) is 6.07 Å². The number of rotatable bonds is 6. The van der Waals surface area contributed by atoms with Gasteiger partial charge in [-0.15, -0.1) is 0 Å². The molecule has 21 heavy (non-hydrogen) atoms. The molecule has 0 aliphatic heterocycles. The maximum absolute atomic E-state index is 12.1. The molecule has 4 N–H and O–H groups in total. The second-order valence-electron chi connectivity index (χ2n) is 6.28. The first-order valence-corrected chi connectivity index (χ1v) is 7.05. The van der Waals surface area contributed by atoms with Crippen LogP contribution in [0, 0.1) is 5.41 Å². The van der Waals surface area contributed by atoms with Gasteiger partial charge in [-0.2, -0.15) is 0 Å². The summed E-state index contributed by atoms with van der Waals surface area (Å²) in [5.41, 5.74) is 7.34. The van der Waals surface area contributed by atoms with Crippen molar-refractivity contribution >= 4 is 17.6 Å². The van der Waals surface area contributed by atoms with Crippen LogP contribution >= 0.6 is 0 Å². The molecule has 0 spiro atoms. The number of carbonyl (C=O) groups excluding carboxylic acids is 1. The molecule has 116 valence electrons. The van der Waals surface area contributed by atoms with Gasteiger partial charge in [0.05, 0.1) is 0 Å². The lowest BCUT2D eigenvalue weighted by molar-refractivity contribution is -0.136. The first-order chi connectivity index (χ1) is 9.70. The largest absolute Gasteiger partial charge is 0.481 e. The number of nitrogens with one attached hydrogen (secondary N) is 1. The van der Waals surface area contributed by atoms with Gasteiger partial charge in [-0.25, -0.2) is 0 Å². The summed E-state index contributed by atoms with van der Waals surface area (Å²) in [6.07, 6.45) is 0.655. The van der Waals surface area contributed by atoms with Crippen molar-refractivity contribution in [3.8, 4) is 0 Å². The van der Waals surface area contributed by atoms with Crippen molar-refractivity contribution in [2.45, 2.75) is 46.1 Å². The molecule has 0 fully saturated rings. The SMILES string of the molecule is CC(C)(C)C(N)CC(=O)Nc1ccccc1CCC(=O)O. The van der Waals surface area contributed by atoms with Gasteiger partial charge >= 0.3 is 5.97 Å². The second kappa shape index (κ2) is 7.22. The Bertz CT molecular complexity index is 506. The molecule has 1 aromatic carbocycles. The van der Waals surface area contributed by atoms with E-state index in [2.05, 4.69) is 5.32 Å². The minimum Gasteiger partial charge on any atom is -0.481 e. The molecule has 1 unspecified atom stereocenters. The Hall–Kier alpha value is -1.88. The van der Waals surface area contributed by atoms with Gasteiger partial charge in [-0.05, 0) is 23.5 Å². The minimum atomic E-state index is -0.856. The second-order valence-corrected chi connectivity index (χ2v) is 6.28. The summed E-state index contributed by atoms with van der Waals surface area (Å²) in [6.45, 7) is 5.98. The maximum Gasteiger partial charge on any atom is 0.303 e. The van der Waals surface area contributed by atoms with Gasteiger partial charge in [0.15, 0.2) is 0 Å². The van der Waals surface area contributed by atoms with E-state index in [1.807, 2.05) is 39.0 Å². The Morgan fingerprint density at radius 1 is 1.29 bits per heavy atom. The van der Waals surface area contributed by atoms with E-state index in [9.17, 15) is 9.59 Å². The predicted molar refractivity (Wildman–Crippen MR) is 83.1 cm³/mol. The fourth-order valence-electron chi connectivity index (χ4n) is 1.81. The molecule has 5 nitrogen and oxygen atoms in total. The zero-order valence-corrected chi connectivity index (χ0v) is 12.8. The van der Waals surface area contributed by atoms with E-state index in [0.717, 1.165) is 5.56 Å². The lowest BCUT2D eigenvalue weighted by Gasteiger charge is -2.26.